The number of carbonyl (C=O) groups is 1. The molecule has 0 bridgehead atoms. The lowest BCUT2D eigenvalue weighted by Gasteiger charge is -2.16. The molecule has 94 valence electrons. The van der Waals surface area contributed by atoms with E-state index in [1.807, 2.05) is 11.9 Å². The normalized spacial score (nSPS) is 20.8. The highest BCUT2D eigenvalue weighted by molar-refractivity contribution is 5.83. The van der Waals surface area contributed by atoms with Gasteiger partial charge in [0.05, 0.1) is 6.04 Å². The van der Waals surface area contributed by atoms with Crippen LogP contribution in [0.4, 0.5) is 0 Å². The first-order valence-corrected chi connectivity index (χ1v) is 6.33. The second-order valence-electron chi connectivity index (χ2n) is 4.27. The molecule has 0 saturated carbocycles. The predicted octanol–water partition coefficient (Wildman–Crippen LogP) is 1.01. The lowest BCUT2D eigenvalue weighted by molar-refractivity contribution is -0.129. The Labute approximate surface area is 98.3 Å². The highest BCUT2D eigenvalue weighted by Gasteiger charge is 2.29. The van der Waals surface area contributed by atoms with E-state index in [9.17, 15) is 4.79 Å². The second kappa shape index (κ2) is 7.63. The fraction of sp³-hybridized carbons (Fsp3) is 0.917. The molecule has 1 saturated heterocycles. The molecule has 4 nitrogen and oxygen atoms in total. The van der Waals surface area contributed by atoms with Gasteiger partial charge in [0.1, 0.15) is 0 Å². The maximum Gasteiger partial charge on any atom is 0.239 e. The molecule has 1 heterocycles. The molecule has 1 aliphatic rings. The van der Waals surface area contributed by atoms with Crippen molar-refractivity contribution >= 4 is 5.91 Å². The predicted molar refractivity (Wildman–Crippen MR) is 64.4 cm³/mol. The fourth-order valence-electron chi connectivity index (χ4n) is 1.93. The zero-order chi connectivity index (χ0) is 11.8. The third kappa shape index (κ3) is 4.10. The van der Waals surface area contributed by atoms with Crippen LogP contribution in [0.15, 0.2) is 0 Å². The summed E-state index contributed by atoms with van der Waals surface area (Å²) in [6.45, 7) is 5.50. The average molecular weight is 228 g/mol. The molecule has 0 aromatic rings. The van der Waals surface area contributed by atoms with Crippen molar-refractivity contribution in [3.63, 3.8) is 0 Å². The van der Waals surface area contributed by atoms with Crippen LogP contribution in [0.1, 0.15) is 32.6 Å². The molecule has 1 rings (SSSR count). The van der Waals surface area contributed by atoms with Gasteiger partial charge < -0.3 is 15.0 Å². The highest BCUT2D eigenvalue weighted by Crippen LogP contribution is 2.10. The molecule has 0 aromatic carbocycles. The smallest absolute Gasteiger partial charge is 0.239 e. The molecule has 1 aliphatic heterocycles. The van der Waals surface area contributed by atoms with Crippen LogP contribution < -0.4 is 5.32 Å². The summed E-state index contributed by atoms with van der Waals surface area (Å²) < 4.78 is 5.47. The number of ether oxygens (including phenoxy) is 1. The van der Waals surface area contributed by atoms with Gasteiger partial charge in [-0.2, -0.15) is 0 Å². The molecule has 1 unspecified atom stereocenters. The van der Waals surface area contributed by atoms with Crippen molar-refractivity contribution in [2.75, 3.05) is 33.4 Å². The first-order valence-electron chi connectivity index (χ1n) is 6.33. The summed E-state index contributed by atoms with van der Waals surface area (Å²) in [6.07, 6.45) is 4.19. The zero-order valence-corrected chi connectivity index (χ0v) is 10.5. The Kier molecular flexibility index (Phi) is 6.42. The number of hydrogen-bond donors (Lipinski definition) is 1. The van der Waals surface area contributed by atoms with E-state index in [1.54, 1.807) is 0 Å². The maximum absolute atomic E-state index is 11.7. The molecule has 4 heteroatoms. The Morgan fingerprint density at radius 3 is 2.81 bits per heavy atom. The lowest BCUT2D eigenvalue weighted by atomic mass is 10.3. The van der Waals surface area contributed by atoms with E-state index < -0.39 is 0 Å². The van der Waals surface area contributed by atoms with E-state index in [2.05, 4.69) is 12.2 Å². The van der Waals surface area contributed by atoms with Gasteiger partial charge >= 0.3 is 0 Å². The van der Waals surface area contributed by atoms with E-state index in [1.165, 1.54) is 6.42 Å². The number of likely N-dealkylation sites (N-methyl/N-ethyl adjacent to an activating group) is 1. The third-order valence-electron chi connectivity index (χ3n) is 3.00. The molecule has 0 spiro atoms. The SMILES string of the molecule is CCCCOCCCN1CCC(NC)C1=O. The lowest BCUT2D eigenvalue weighted by Crippen LogP contribution is -2.36. The van der Waals surface area contributed by atoms with Crippen LogP contribution in [0, 0.1) is 0 Å². The van der Waals surface area contributed by atoms with Crippen LogP contribution in [0.5, 0.6) is 0 Å². The van der Waals surface area contributed by atoms with Crippen LogP contribution in [0.3, 0.4) is 0 Å². The number of unbranched alkanes of at least 4 members (excludes halogenated alkanes) is 1. The largest absolute Gasteiger partial charge is 0.381 e. The van der Waals surface area contributed by atoms with E-state index in [0.717, 1.165) is 45.6 Å². The number of hydrogen-bond acceptors (Lipinski definition) is 3. The molecule has 16 heavy (non-hydrogen) atoms. The van der Waals surface area contributed by atoms with Gasteiger partial charge in [0.15, 0.2) is 0 Å². The highest BCUT2D eigenvalue weighted by atomic mass is 16.5. The summed E-state index contributed by atoms with van der Waals surface area (Å²) in [4.78, 5) is 13.7. The molecule has 1 N–H and O–H groups in total. The number of nitrogens with one attached hydrogen (secondary N) is 1. The van der Waals surface area contributed by atoms with Crippen LogP contribution in [0.25, 0.3) is 0 Å². The topological polar surface area (TPSA) is 41.6 Å². The molecular formula is C12H24N2O2. The van der Waals surface area contributed by atoms with Gasteiger partial charge in [-0.1, -0.05) is 13.3 Å². The van der Waals surface area contributed by atoms with Crippen molar-refractivity contribution in [1.29, 1.82) is 0 Å². The molecule has 0 aliphatic carbocycles. The molecule has 1 atom stereocenters. The first-order chi connectivity index (χ1) is 7.79. The minimum Gasteiger partial charge on any atom is -0.381 e. The van der Waals surface area contributed by atoms with Crippen molar-refractivity contribution in [2.45, 2.75) is 38.6 Å². The summed E-state index contributed by atoms with van der Waals surface area (Å²) in [5, 5.41) is 3.04. The molecule has 0 aromatic heterocycles. The van der Waals surface area contributed by atoms with Gasteiger partial charge in [-0.05, 0) is 26.3 Å². The molecule has 1 fully saturated rings. The Bertz CT molecular complexity index is 209. The van der Waals surface area contributed by atoms with Gasteiger partial charge in [0.2, 0.25) is 5.91 Å². The van der Waals surface area contributed by atoms with Crippen molar-refractivity contribution in [3.05, 3.63) is 0 Å². The number of rotatable bonds is 8. The Morgan fingerprint density at radius 1 is 1.44 bits per heavy atom. The summed E-state index contributed by atoms with van der Waals surface area (Å²) in [6, 6.07) is 0.0426. The van der Waals surface area contributed by atoms with Gasteiger partial charge in [0.25, 0.3) is 0 Å². The molecule has 1 amide bonds. The number of carbonyl (C=O) groups excluding carboxylic acids is 1. The fourth-order valence-corrected chi connectivity index (χ4v) is 1.93. The zero-order valence-electron chi connectivity index (χ0n) is 10.5. The maximum atomic E-state index is 11.7. The van der Waals surface area contributed by atoms with Crippen LogP contribution in [-0.4, -0.2) is 50.2 Å². The molecule has 0 radical (unpaired) electrons. The standard InChI is InChI=1S/C12H24N2O2/c1-3-4-9-16-10-5-7-14-8-6-11(13-2)12(14)15/h11,13H,3-10H2,1-2H3. The van der Waals surface area contributed by atoms with Gasteiger partial charge in [-0.25, -0.2) is 0 Å². The van der Waals surface area contributed by atoms with E-state index in [-0.39, 0.29) is 11.9 Å². The average Bonchev–Trinajstić information content (AvgIpc) is 2.65. The second-order valence-corrected chi connectivity index (χ2v) is 4.27. The number of likely N-dealkylation sites (tertiary alicyclic amines) is 1. The van der Waals surface area contributed by atoms with Crippen LogP contribution in [-0.2, 0) is 9.53 Å². The van der Waals surface area contributed by atoms with E-state index >= 15 is 0 Å². The third-order valence-corrected chi connectivity index (χ3v) is 3.00. The Morgan fingerprint density at radius 2 is 2.19 bits per heavy atom. The summed E-state index contributed by atoms with van der Waals surface area (Å²) in [7, 11) is 1.85. The Balaban J connectivity index is 2.03. The quantitative estimate of drug-likeness (QED) is 0.631. The summed E-state index contributed by atoms with van der Waals surface area (Å²) >= 11 is 0. The van der Waals surface area contributed by atoms with Crippen molar-refractivity contribution < 1.29 is 9.53 Å². The van der Waals surface area contributed by atoms with Gasteiger partial charge in [-0.3, -0.25) is 4.79 Å². The van der Waals surface area contributed by atoms with Crippen LogP contribution in [0.2, 0.25) is 0 Å². The first kappa shape index (κ1) is 13.5. The monoisotopic (exact) mass is 228 g/mol. The van der Waals surface area contributed by atoms with Crippen molar-refractivity contribution in [3.8, 4) is 0 Å². The number of amides is 1. The Hall–Kier alpha value is -0.610. The van der Waals surface area contributed by atoms with Gasteiger partial charge in [0, 0.05) is 26.3 Å². The summed E-state index contributed by atoms with van der Waals surface area (Å²) in [5.74, 6) is 0.246. The minimum atomic E-state index is 0.0426. The number of nitrogens with zero attached hydrogens (tertiary/aromatic N) is 1. The van der Waals surface area contributed by atoms with E-state index in [0.29, 0.717) is 0 Å². The van der Waals surface area contributed by atoms with Crippen molar-refractivity contribution in [2.24, 2.45) is 0 Å². The van der Waals surface area contributed by atoms with Crippen molar-refractivity contribution in [1.82, 2.24) is 10.2 Å². The molecular weight excluding hydrogens is 204 g/mol. The minimum absolute atomic E-state index is 0.0426. The van der Waals surface area contributed by atoms with E-state index in [4.69, 9.17) is 4.74 Å². The summed E-state index contributed by atoms with van der Waals surface area (Å²) in [5.41, 5.74) is 0. The van der Waals surface area contributed by atoms with Gasteiger partial charge in [-0.15, -0.1) is 0 Å². The van der Waals surface area contributed by atoms with Crippen LogP contribution >= 0.6 is 0 Å².